The summed E-state index contributed by atoms with van der Waals surface area (Å²) in [4.78, 5) is 22.9. The molecule has 0 radical (unpaired) electrons. The Kier molecular flexibility index (Phi) is 4.46. The highest BCUT2D eigenvalue weighted by Crippen LogP contribution is 2.67. The zero-order valence-corrected chi connectivity index (χ0v) is 15.6. The third-order valence-corrected chi connectivity index (χ3v) is 8.58. The van der Waals surface area contributed by atoms with E-state index in [1.54, 1.807) is 0 Å². The van der Waals surface area contributed by atoms with Crippen molar-refractivity contribution in [3.8, 4) is 0 Å². The highest BCUT2D eigenvalue weighted by atomic mass is 16.4. The molecule has 0 aromatic heterocycles. The first-order chi connectivity index (χ1) is 11.5. The molecule has 3 N–H and O–H groups in total. The van der Waals surface area contributed by atoms with Crippen molar-refractivity contribution in [3.63, 3.8) is 0 Å². The van der Waals surface area contributed by atoms with E-state index in [4.69, 9.17) is 0 Å². The maximum Gasteiger partial charge on any atom is 0.303 e. The SMILES string of the molecule is C[C@]1(CC(=O)O)[C@H](CC(=O)O)CC[C@@H]2[C@@H]1CC[C@@]1(C)[C@H]2CC[C@]1(C)O. The second-order valence-electron chi connectivity index (χ2n) is 9.59. The Morgan fingerprint density at radius 1 is 0.920 bits per heavy atom. The largest absolute Gasteiger partial charge is 0.481 e. The Hall–Kier alpha value is -1.10. The summed E-state index contributed by atoms with van der Waals surface area (Å²) in [7, 11) is 0. The molecule has 7 atom stereocenters. The first-order valence-electron chi connectivity index (χ1n) is 9.67. The summed E-state index contributed by atoms with van der Waals surface area (Å²) >= 11 is 0. The summed E-state index contributed by atoms with van der Waals surface area (Å²) < 4.78 is 0. The molecule has 3 aliphatic rings. The molecule has 142 valence electrons. The number of carboxylic acids is 2. The number of hydrogen-bond donors (Lipinski definition) is 3. The maximum absolute atomic E-state index is 11.6. The van der Waals surface area contributed by atoms with Gasteiger partial charge in [-0.25, -0.2) is 0 Å². The third kappa shape index (κ3) is 2.79. The summed E-state index contributed by atoms with van der Waals surface area (Å²) in [6.07, 6.45) is 5.47. The van der Waals surface area contributed by atoms with E-state index >= 15 is 0 Å². The van der Waals surface area contributed by atoms with Gasteiger partial charge >= 0.3 is 11.9 Å². The Bertz CT molecular complexity index is 570. The second kappa shape index (κ2) is 5.97. The normalized spacial score (nSPS) is 49.3. The van der Waals surface area contributed by atoms with Gasteiger partial charge in [-0.1, -0.05) is 13.8 Å². The lowest BCUT2D eigenvalue weighted by Crippen LogP contribution is -2.55. The summed E-state index contributed by atoms with van der Waals surface area (Å²) in [5, 5.41) is 29.7. The number of aliphatic carboxylic acids is 2. The fourth-order valence-electron chi connectivity index (χ4n) is 6.93. The van der Waals surface area contributed by atoms with Crippen molar-refractivity contribution in [2.45, 2.75) is 77.7 Å². The van der Waals surface area contributed by atoms with Crippen LogP contribution >= 0.6 is 0 Å². The molecule has 0 unspecified atom stereocenters. The average Bonchev–Trinajstić information content (AvgIpc) is 2.71. The average molecular weight is 352 g/mol. The molecule has 3 aliphatic carbocycles. The van der Waals surface area contributed by atoms with Crippen LogP contribution in [0.25, 0.3) is 0 Å². The lowest BCUT2D eigenvalue weighted by atomic mass is 9.46. The fourth-order valence-corrected chi connectivity index (χ4v) is 6.93. The zero-order valence-electron chi connectivity index (χ0n) is 15.6. The van der Waals surface area contributed by atoms with Crippen LogP contribution in [0.2, 0.25) is 0 Å². The summed E-state index contributed by atoms with van der Waals surface area (Å²) in [5.41, 5.74) is -1.22. The zero-order chi connectivity index (χ0) is 18.6. The van der Waals surface area contributed by atoms with Crippen molar-refractivity contribution < 1.29 is 24.9 Å². The predicted molar refractivity (Wildman–Crippen MR) is 93.0 cm³/mol. The molecule has 3 fully saturated rings. The molecule has 3 rings (SSSR count). The Balaban J connectivity index is 1.93. The lowest BCUT2D eigenvalue weighted by molar-refractivity contribution is -0.162. The van der Waals surface area contributed by atoms with E-state index in [-0.39, 0.29) is 30.1 Å². The standard InChI is InChI=1S/C20H32O5/c1-18(11-17(23)24)12(10-16(21)22)4-5-13-14(18)6-8-19(2)15(13)7-9-20(19,3)25/h12-15,25H,4-11H2,1-3H3,(H,21,22)(H,23,24)/t12-,13+,14-,15-,18-,19-,20-/m0/s1. The molecule has 0 aromatic carbocycles. The topological polar surface area (TPSA) is 94.8 Å². The molecular formula is C20H32O5. The Morgan fingerprint density at radius 3 is 2.16 bits per heavy atom. The quantitative estimate of drug-likeness (QED) is 0.719. The van der Waals surface area contributed by atoms with E-state index in [2.05, 4.69) is 6.92 Å². The van der Waals surface area contributed by atoms with Gasteiger partial charge in [0, 0.05) is 6.42 Å². The molecule has 0 aliphatic heterocycles. The van der Waals surface area contributed by atoms with Crippen LogP contribution in [0.15, 0.2) is 0 Å². The fraction of sp³-hybridized carbons (Fsp3) is 0.900. The molecule has 0 spiro atoms. The lowest BCUT2D eigenvalue weighted by Gasteiger charge is -2.59. The van der Waals surface area contributed by atoms with Gasteiger partial charge in [-0.3, -0.25) is 9.59 Å². The van der Waals surface area contributed by atoms with Crippen LogP contribution in [0.1, 0.15) is 72.1 Å². The molecule has 25 heavy (non-hydrogen) atoms. The van der Waals surface area contributed by atoms with Crippen molar-refractivity contribution in [2.24, 2.45) is 34.5 Å². The minimum atomic E-state index is -0.829. The second-order valence-corrected chi connectivity index (χ2v) is 9.59. The van der Waals surface area contributed by atoms with Gasteiger partial charge in [-0.2, -0.15) is 0 Å². The van der Waals surface area contributed by atoms with Crippen molar-refractivity contribution in [2.75, 3.05) is 0 Å². The van der Waals surface area contributed by atoms with Gasteiger partial charge in [-0.15, -0.1) is 0 Å². The van der Waals surface area contributed by atoms with Gasteiger partial charge in [-0.05, 0) is 80.0 Å². The van der Waals surface area contributed by atoms with Crippen LogP contribution in [0.3, 0.4) is 0 Å². The van der Waals surface area contributed by atoms with Gasteiger partial charge in [0.15, 0.2) is 0 Å². The molecule has 0 saturated heterocycles. The minimum absolute atomic E-state index is 0.0476. The number of fused-ring (bicyclic) bond motifs is 3. The predicted octanol–water partition coefficient (Wildman–Crippen LogP) is 3.55. The van der Waals surface area contributed by atoms with Crippen LogP contribution < -0.4 is 0 Å². The van der Waals surface area contributed by atoms with E-state index in [1.165, 1.54) is 0 Å². The maximum atomic E-state index is 11.6. The molecular weight excluding hydrogens is 320 g/mol. The van der Waals surface area contributed by atoms with Crippen LogP contribution in [0.5, 0.6) is 0 Å². The van der Waals surface area contributed by atoms with Crippen LogP contribution in [0.4, 0.5) is 0 Å². The third-order valence-electron chi connectivity index (χ3n) is 8.58. The first kappa shape index (κ1) is 18.7. The molecule has 5 nitrogen and oxygen atoms in total. The molecule has 0 aromatic rings. The Labute approximate surface area is 149 Å². The van der Waals surface area contributed by atoms with E-state index in [1.807, 2.05) is 13.8 Å². The Morgan fingerprint density at radius 2 is 1.56 bits per heavy atom. The number of rotatable bonds is 4. The van der Waals surface area contributed by atoms with Crippen molar-refractivity contribution >= 4 is 11.9 Å². The van der Waals surface area contributed by atoms with Crippen molar-refractivity contribution in [1.82, 2.24) is 0 Å². The minimum Gasteiger partial charge on any atom is -0.481 e. The number of aliphatic hydroxyl groups is 1. The monoisotopic (exact) mass is 352 g/mol. The van der Waals surface area contributed by atoms with Gasteiger partial charge in [0.2, 0.25) is 0 Å². The van der Waals surface area contributed by atoms with Crippen LogP contribution in [-0.2, 0) is 9.59 Å². The van der Waals surface area contributed by atoms with E-state index in [9.17, 15) is 24.9 Å². The van der Waals surface area contributed by atoms with E-state index < -0.39 is 23.0 Å². The number of carboxylic acid groups (broad SMARTS) is 2. The summed E-state index contributed by atoms with van der Waals surface area (Å²) in [6, 6.07) is 0. The molecule has 0 bridgehead atoms. The number of hydrogen-bond acceptors (Lipinski definition) is 3. The first-order valence-corrected chi connectivity index (χ1v) is 9.67. The van der Waals surface area contributed by atoms with Gasteiger partial charge in [0.25, 0.3) is 0 Å². The van der Waals surface area contributed by atoms with Crippen molar-refractivity contribution in [3.05, 3.63) is 0 Å². The van der Waals surface area contributed by atoms with Crippen LogP contribution in [0, 0.1) is 34.5 Å². The molecule has 0 amide bonds. The van der Waals surface area contributed by atoms with Gasteiger partial charge in [0.1, 0.15) is 0 Å². The number of carbonyl (C=O) groups is 2. The molecule has 0 heterocycles. The smallest absolute Gasteiger partial charge is 0.303 e. The van der Waals surface area contributed by atoms with Gasteiger partial charge < -0.3 is 15.3 Å². The highest BCUT2D eigenvalue weighted by Gasteiger charge is 2.63. The highest BCUT2D eigenvalue weighted by molar-refractivity contribution is 5.69. The summed E-state index contributed by atoms with van der Waals surface area (Å²) in [5.74, 6) is -0.667. The van der Waals surface area contributed by atoms with Crippen molar-refractivity contribution in [1.29, 1.82) is 0 Å². The van der Waals surface area contributed by atoms with E-state index in [0.717, 1.165) is 38.5 Å². The van der Waals surface area contributed by atoms with Crippen LogP contribution in [-0.4, -0.2) is 32.9 Å². The van der Waals surface area contributed by atoms with Gasteiger partial charge in [0.05, 0.1) is 12.0 Å². The molecule has 3 saturated carbocycles. The molecule has 5 heteroatoms. The van der Waals surface area contributed by atoms with E-state index in [0.29, 0.717) is 11.8 Å². The summed E-state index contributed by atoms with van der Waals surface area (Å²) in [6.45, 7) is 6.18.